The van der Waals surface area contributed by atoms with Crippen LogP contribution in [0.4, 0.5) is 0 Å². The molecule has 0 amide bonds. The van der Waals surface area contributed by atoms with E-state index in [1.54, 1.807) is 12.1 Å². The fourth-order valence-corrected chi connectivity index (χ4v) is 4.41. The fraction of sp³-hybridized carbons (Fsp3) is 0.333. The summed E-state index contributed by atoms with van der Waals surface area (Å²) in [5.41, 5.74) is 1.53. The Morgan fingerprint density at radius 1 is 1.03 bits per heavy atom. The lowest BCUT2D eigenvalue weighted by atomic mass is 10.1. The van der Waals surface area contributed by atoms with E-state index < -0.39 is 22.1 Å². The number of hydrogen-bond acceptors (Lipinski definition) is 6. The van der Waals surface area contributed by atoms with Crippen LogP contribution in [0.2, 0.25) is 0 Å². The molecule has 0 aliphatic carbocycles. The summed E-state index contributed by atoms with van der Waals surface area (Å²) in [6, 6.07) is 12.6. The molecule has 1 aliphatic heterocycles. The van der Waals surface area contributed by atoms with Crippen molar-refractivity contribution in [3.05, 3.63) is 65.2 Å². The Morgan fingerprint density at radius 3 is 2.34 bits per heavy atom. The third-order valence-electron chi connectivity index (χ3n) is 4.67. The molecule has 1 fully saturated rings. The zero-order chi connectivity index (χ0) is 21.0. The van der Waals surface area contributed by atoms with Crippen LogP contribution in [0.25, 0.3) is 0 Å². The molecule has 0 N–H and O–H groups in total. The van der Waals surface area contributed by atoms with E-state index in [2.05, 4.69) is 0 Å². The Hall–Kier alpha value is -2.55. The first kappa shape index (κ1) is 21.2. The van der Waals surface area contributed by atoms with Crippen LogP contribution in [0.5, 0.6) is 0 Å². The highest BCUT2D eigenvalue weighted by Gasteiger charge is 2.27. The van der Waals surface area contributed by atoms with Gasteiger partial charge < -0.3 is 9.47 Å². The van der Waals surface area contributed by atoms with Gasteiger partial charge in [-0.25, -0.2) is 13.2 Å². The van der Waals surface area contributed by atoms with Crippen LogP contribution in [0.15, 0.2) is 53.4 Å². The molecule has 7 nitrogen and oxygen atoms in total. The lowest BCUT2D eigenvalue weighted by molar-refractivity contribution is 0.0318. The Kier molecular flexibility index (Phi) is 6.46. The van der Waals surface area contributed by atoms with Crippen molar-refractivity contribution >= 4 is 21.8 Å². The monoisotopic (exact) mass is 417 g/mol. The second-order valence-electron chi connectivity index (χ2n) is 6.82. The van der Waals surface area contributed by atoms with Crippen LogP contribution in [0, 0.1) is 6.92 Å². The third kappa shape index (κ3) is 4.90. The first-order valence-corrected chi connectivity index (χ1v) is 10.7. The Bertz CT molecular complexity index is 994. The molecule has 0 bridgehead atoms. The number of aryl methyl sites for hydroxylation is 1. The van der Waals surface area contributed by atoms with Crippen LogP contribution in [-0.2, 0) is 19.5 Å². The van der Waals surface area contributed by atoms with Crippen molar-refractivity contribution in [2.75, 3.05) is 26.3 Å². The number of hydrogen-bond donors (Lipinski definition) is 0. The van der Waals surface area contributed by atoms with Gasteiger partial charge in [0.2, 0.25) is 15.8 Å². The molecule has 0 aromatic heterocycles. The molecule has 8 heteroatoms. The molecule has 1 atom stereocenters. The van der Waals surface area contributed by atoms with Crippen molar-refractivity contribution < 1.29 is 27.5 Å². The molecule has 154 valence electrons. The topological polar surface area (TPSA) is 90.0 Å². The number of carbonyl (C=O) groups is 2. The van der Waals surface area contributed by atoms with Gasteiger partial charge in [0.05, 0.1) is 23.7 Å². The van der Waals surface area contributed by atoms with Crippen molar-refractivity contribution in [1.29, 1.82) is 0 Å². The lowest BCUT2D eigenvalue weighted by Gasteiger charge is -2.26. The number of ketones is 1. The number of nitrogens with zero attached hydrogens (tertiary/aromatic N) is 1. The third-order valence-corrected chi connectivity index (χ3v) is 6.56. The molecular weight excluding hydrogens is 394 g/mol. The maximum absolute atomic E-state index is 12.8. The number of morpholine rings is 1. The van der Waals surface area contributed by atoms with Crippen LogP contribution in [-0.4, -0.2) is 56.9 Å². The number of rotatable bonds is 6. The van der Waals surface area contributed by atoms with Gasteiger partial charge in [0, 0.05) is 18.7 Å². The smallest absolute Gasteiger partial charge is 0.338 e. The molecule has 3 rings (SSSR count). The second-order valence-corrected chi connectivity index (χ2v) is 8.76. The number of sulfonamides is 1. The molecule has 0 unspecified atom stereocenters. The van der Waals surface area contributed by atoms with Gasteiger partial charge in [-0.3, -0.25) is 4.79 Å². The van der Waals surface area contributed by atoms with Gasteiger partial charge in [-0.2, -0.15) is 4.31 Å². The van der Waals surface area contributed by atoms with E-state index in [4.69, 9.17) is 9.47 Å². The molecule has 29 heavy (non-hydrogen) atoms. The Labute approximate surface area is 170 Å². The van der Waals surface area contributed by atoms with E-state index in [0.29, 0.717) is 18.8 Å². The van der Waals surface area contributed by atoms with Gasteiger partial charge in [-0.1, -0.05) is 35.9 Å². The van der Waals surface area contributed by atoms with E-state index in [1.165, 1.54) is 35.5 Å². The van der Waals surface area contributed by atoms with Gasteiger partial charge >= 0.3 is 5.97 Å². The summed E-state index contributed by atoms with van der Waals surface area (Å²) in [6.45, 7) is 4.60. The number of ether oxygens (including phenoxy) is 2. The van der Waals surface area contributed by atoms with Gasteiger partial charge in [-0.15, -0.1) is 0 Å². The van der Waals surface area contributed by atoms with Gasteiger partial charge in [-0.05, 0) is 32.0 Å². The van der Waals surface area contributed by atoms with E-state index in [-0.39, 0.29) is 29.3 Å². The molecule has 1 saturated heterocycles. The van der Waals surface area contributed by atoms with E-state index >= 15 is 0 Å². The predicted molar refractivity (Wildman–Crippen MR) is 106 cm³/mol. The Morgan fingerprint density at radius 2 is 1.69 bits per heavy atom. The van der Waals surface area contributed by atoms with Crippen LogP contribution in [0.3, 0.4) is 0 Å². The molecule has 0 saturated carbocycles. The minimum atomic E-state index is -3.73. The normalized spacial score (nSPS) is 16.2. The fourth-order valence-electron chi connectivity index (χ4n) is 2.95. The lowest BCUT2D eigenvalue weighted by Crippen LogP contribution is -2.40. The van der Waals surface area contributed by atoms with Crippen molar-refractivity contribution in [1.82, 2.24) is 4.31 Å². The van der Waals surface area contributed by atoms with Crippen molar-refractivity contribution in [2.45, 2.75) is 24.8 Å². The minimum absolute atomic E-state index is 0.00589. The second kappa shape index (κ2) is 8.86. The standard InChI is InChI=1S/C21H23NO6S/c1-15-6-8-17(9-7-15)20(23)16(2)28-21(24)18-4-3-5-19(14-18)29(25,26)22-10-12-27-13-11-22/h3-9,14,16H,10-13H2,1-2H3/t16-/m1/s1. The summed E-state index contributed by atoms with van der Waals surface area (Å²) in [5, 5.41) is 0. The minimum Gasteiger partial charge on any atom is -0.451 e. The summed E-state index contributed by atoms with van der Waals surface area (Å²) in [4.78, 5) is 25.0. The molecule has 0 radical (unpaired) electrons. The average molecular weight is 417 g/mol. The van der Waals surface area contributed by atoms with E-state index in [9.17, 15) is 18.0 Å². The van der Waals surface area contributed by atoms with Crippen LogP contribution in [0.1, 0.15) is 33.2 Å². The summed E-state index contributed by atoms with van der Waals surface area (Å²) >= 11 is 0. The highest BCUT2D eigenvalue weighted by Crippen LogP contribution is 2.19. The number of carbonyl (C=O) groups excluding carboxylic acids is 2. The largest absolute Gasteiger partial charge is 0.451 e. The highest BCUT2D eigenvalue weighted by molar-refractivity contribution is 7.89. The molecule has 2 aromatic carbocycles. The first-order valence-electron chi connectivity index (χ1n) is 9.29. The predicted octanol–water partition coefficient (Wildman–Crippen LogP) is 2.44. The van der Waals surface area contributed by atoms with Crippen LogP contribution < -0.4 is 0 Å². The molecule has 1 aliphatic rings. The zero-order valence-corrected chi connectivity index (χ0v) is 17.1. The highest BCUT2D eigenvalue weighted by atomic mass is 32.2. The van der Waals surface area contributed by atoms with Crippen LogP contribution >= 0.6 is 0 Å². The zero-order valence-electron chi connectivity index (χ0n) is 16.3. The quantitative estimate of drug-likeness (QED) is 0.530. The first-order chi connectivity index (χ1) is 13.8. The average Bonchev–Trinajstić information content (AvgIpc) is 2.74. The summed E-state index contributed by atoms with van der Waals surface area (Å²) in [6.07, 6.45) is -0.996. The van der Waals surface area contributed by atoms with Gasteiger partial charge in [0.25, 0.3) is 0 Å². The van der Waals surface area contributed by atoms with Gasteiger partial charge in [0.15, 0.2) is 6.10 Å². The van der Waals surface area contributed by atoms with Crippen molar-refractivity contribution in [2.24, 2.45) is 0 Å². The Balaban J connectivity index is 1.73. The van der Waals surface area contributed by atoms with E-state index in [1.807, 2.05) is 19.1 Å². The maximum Gasteiger partial charge on any atom is 0.338 e. The van der Waals surface area contributed by atoms with Crippen molar-refractivity contribution in [3.8, 4) is 0 Å². The SMILES string of the molecule is Cc1ccc(C(=O)[C@@H](C)OC(=O)c2cccc(S(=O)(=O)N3CCOCC3)c2)cc1. The summed E-state index contributed by atoms with van der Waals surface area (Å²) in [5.74, 6) is -1.08. The molecule has 0 spiro atoms. The van der Waals surface area contributed by atoms with E-state index in [0.717, 1.165) is 5.56 Å². The molecule has 1 heterocycles. The van der Waals surface area contributed by atoms with Crippen molar-refractivity contribution in [3.63, 3.8) is 0 Å². The number of benzene rings is 2. The molecular formula is C21H23NO6S. The number of esters is 1. The number of Topliss-reactive ketones (excluding diaryl/α,β-unsaturated/α-hetero) is 1. The summed E-state index contributed by atoms with van der Waals surface area (Å²) in [7, 11) is -3.73. The molecule has 2 aromatic rings. The maximum atomic E-state index is 12.8. The van der Waals surface area contributed by atoms with Gasteiger partial charge in [0.1, 0.15) is 0 Å². The summed E-state index contributed by atoms with van der Waals surface area (Å²) < 4.78 is 37.3.